The van der Waals surface area contributed by atoms with Crippen molar-refractivity contribution < 1.29 is 68.3 Å². The molecule has 11 aromatic carbocycles. The Morgan fingerprint density at radius 2 is 0.717 bits per heavy atom. The van der Waals surface area contributed by atoms with Gasteiger partial charge in [0.15, 0.2) is 11.3 Å². The van der Waals surface area contributed by atoms with Crippen molar-refractivity contribution in [3.05, 3.63) is 376 Å². The molecule has 0 spiro atoms. The zero-order chi connectivity index (χ0) is 73.0. The molecule has 0 radical (unpaired) electrons. The second-order valence-electron chi connectivity index (χ2n) is 26.2. The molecule has 19 heteroatoms. The van der Waals surface area contributed by atoms with Crippen molar-refractivity contribution in [1.29, 1.82) is 0 Å². The third-order valence-corrected chi connectivity index (χ3v) is 19.5. The van der Waals surface area contributed by atoms with Gasteiger partial charge >= 0.3 is 42.1 Å². The van der Waals surface area contributed by atoms with Gasteiger partial charge in [-0.25, -0.2) is 29.9 Å². The standard InChI is InChI=1S/C36H24N5O.2C29H17N5.3Pt/c42-34-22-9-4-16-28(34)29-18-11-23-35(37-29)39(25-12-2-1-3-13-25)26-14-10-15-27(24-26)40-32-20-7-8-21-33(32)41-31-19-6-5-17-30(31)38-36(40)41;1-2-9-20(10-3-1)23-14-7-15-24(31-23)21-11-6-12-22(19-21)33-28-27(17-8-18-30-28)34-26-16-5-4-13-25(26)32-29(33)34;1-2-9-20(10-3-1)23-14-7-15-24(31-23)21-11-6-12-22(19-21)33-27-17-8-18-30-28(27)34-26-16-5-4-13-25(26)32-29(33)34;;;/h1-23,42H;2*1-9,11-18H;;;/q-1;2*-2;;2*+2. The number of nitrogens with zero attached hydrogens (tertiary/aromatic N) is 15. The molecule has 16 nitrogen and oxygen atoms in total. The number of anilines is 3. The predicted octanol–water partition coefficient (Wildman–Crippen LogP) is 20.8. The van der Waals surface area contributed by atoms with Gasteiger partial charge in [-0.3, -0.25) is 22.3 Å². The molecule has 0 aliphatic heterocycles. The number of fused-ring (bicyclic) bond motifs is 15. The molecule has 22 rings (SSSR count). The maximum absolute atomic E-state index is 10.5. The number of phenolic OH excluding ortho intramolecular Hbond substituents is 1. The molecule has 0 aliphatic carbocycles. The molecular weight excluding hydrogens is 1940 g/mol. The van der Waals surface area contributed by atoms with Crippen molar-refractivity contribution in [1.82, 2.24) is 66.8 Å². The Bertz CT molecular complexity index is 6970. The van der Waals surface area contributed by atoms with Gasteiger partial charge in [0.2, 0.25) is 17.3 Å². The first-order chi connectivity index (χ1) is 54.5. The van der Waals surface area contributed by atoms with E-state index in [-0.39, 0.29) is 68.9 Å². The second kappa shape index (κ2) is 31.2. The van der Waals surface area contributed by atoms with Crippen LogP contribution in [0.1, 0.15) is 0 Å². The molecule has 11 aromatic heterocycles. The van der Waals surface area contributed by atoms with Crippen LogP contribution < -0.4 is 4.90 Å². The van der Waals surface area contributed by atoms with Gasteiger partial charge in [-0.1, -0.05) is 133 Å². The quantitative estimate of drug-likeness (QED) is 0.124. The summed E-state index contributed by atoms with van der Waals surface area (Å²) in [6, 6.07) is 128. The topological polar surface area (TPSA) is 155 Å². The minimum Gasteiger partial charge on any atom is -0.507 e. The largest absolute Gasteiger partial charge is 2.00 e. The first-order valence-corrected chi connectivity index (χ1v) is 35.9. The van der Waals surface area contributed by atoms with Crippen LogP contribution in [0.2, 0.25) is 0 Å². The third-order valence-electron chi connectivity index (χ3n) is 19.5. The maximum Gasteiger partial charge on any atom is 2.00 e. The average molecular weight is 2000 g/mol. The van der Waals surface area contributed by atoms with E-state index in [4.69, 9.17) is 34.9 Å². The number of aromatic hydroxyl groups is 1. The number of para-hydroxylation sites is 10. The number of hydrogen-bond donors (Lipinski definition) is 1. The van der Waals surface area contributed by atoms with E-state index >= 15 is 0 Å². The van der Waals surface area contributed by atoms with Crippen molar-refractivity contribution in [3.63, 3.8) is 0 Å². The fourth-order valence-corrected chi connectivity index (χ4v) is 14.6. The van der Waals surface area contributed by atoms with Gasteiger partial charge in [0.05, 0.1) is 60.9 Å². The van der Waals surface area contributed by atoms with E-state index in [1.165, 1.54) is 0 Å². The summed E-state index contributed by atoms with van der Waals surface area (Å²) in [5.74, 6) is 3.35. The van der Waals surface area contributed by atoms with Gasteiger partial charge in [-0.05, 0) is 143 Å². The summed E-state index contributed by atoms with van der Waals surface area (Å²) in [4.78, 5) is 41.1. The fraction of sp³-hybridized carbons (Fsp3) is 0. The van der Waals surface area contributed by atoms with Crippen LogP contribution in [0, 0.1) is 30.3 Å². The monoisotopic (exact) mass is 2000 g/mol. The Morgan fingerprint density at radius 3 is 1.32 bits per heavy atom. The fourth-order valence-electron chi connectivity index (χ4n) is 14.6. The molecule has 0 saturated heterocycles. The second-order valence-corrected chi connectivity index (χ2v) is 26.2. The smallest absolute Gasteiger partial charge is 0.507 e. The number of imidazole rings is 6. The van der Waals surface area contributed by atoms with Crippen LogP contribution in [-0.4, -0.2) is 71.9 Å². The SMILES string of the molecule is Oc1ccccc1-c1cccc(N(c2[c-]c(-n3c4ccccc4n4c5ccccc5nc34)ccc2)c2ccccc2)n1.[Pt+2].[Pt+2].[Pt].[c-]1ccccc1-c1cccc(-c2[c-]c(-n3c4cccnc4n4c5ccccc5nc34)ccc2)n1.[c-]1ccccc1-c1cccc(-c2[c-]c(-n3c4ncccc4n4c5ccccc5nc34)ccc2)n1. The zero-order valence-corrected chi connectivity index (χ0v) is 66.3. The molecule has 0 bridgehead atoms. The Kier molecular flexibility index (Phi) is 20.0. The number of rotatable bonds is 11. The van der Waals surface area contributed by atoms with Crippen LogP contribution in [-0.2, 0) is 63.2 Å². The third kappa shape index (κ3) is 13.3. The van der Waals surface area contributed by atoms with Crippen LogP contribution in [0.5, 0.6) is 5.75 Å². The van der Waals surface area contributed by atoms with Gasteiger partial charge in [0.1, 0.15) is 11.6 Å². The Morgan fingerprint density at radius 1 is 0.292 bits per heavy atom. The van der Waals surface area contributed by atoms with E-state index in [1.54, 1.807) is 6.07 Å². The number of phenols is 1. The molecule has 1 N–H and O–H groups in total. The van der Waals surface area contributed by atoms with Gasteiger partial charge in [-0.2, -0.15) is 6.07 Å². The van der Waals surface area contributed by atoms with Crippen molar-refractivity contribution in [3.8, 4) is 79.1 Å². The predicted molar refractivity (Wildman–Crippen MR) is 435 cm³/mol. The van der Waals surface area contributed by atoms with Crippen molar-refractivity contribution >= 4 is 101 Å². The number of benzene rings is 11. The molecule has 0 fully saturated rings. The summed E-state index contributed by atoms with van der Waals surface area (Å²) < 4.78 is 12.8. The molecule has 0 amide bonds. The minimum absolute atomic E-state index is 0. The summed E-state index contributed by atoms with van der Waals surface area (Å²) in [7, 11) is 0. The molecular formula is C94H58N15OPt3-. The normalized spacial score (nSPS) is 11.2. The minimum atomic E-state index is 0. The molecule has 546 valence electrons. The molecule has 0 aliphatic rings. The first kappa shape index (κ1) is 72.5. The van der Waals surface area contributed by atoms with E-state index in [9.17, 15) is 5.11 Å². The number of aromatic nitrogens is 14. The Hall–Kier alpha value is -13.4. The molecule has 113 heavy (non-hydrogen) atoms. The van der Waals surface area contributed by atoms with Crippen molar-refractivity contribution in [2.24, 2.45) is 0 Å². The van der Waals surface area contributed by atoms with Gasteiger partial charge in [0.25, 0.3) is 0 Å². The molecule has 0 saturated carbocycles. The summed E-state index contributed by atoms with van der Waals surface area (Å²) >= 11 is 0. The molecule has 22 aromatic rings. The zero-order valence-electron chi connectivity index (χ0n) is 59.5. The summed E-state index contributed by atoms with van der Waals surface area (Å²) in [6.07, 6.45) is 3.63. The molecule has 0 atom stereocenters. The van der Waals surface area contributed by atoms with E-state index in [2.05, 4.69) is 140 Å². The van der Waals surface area contributed by atoms with Crippen molar-refractivity contribution in [2.75, 3.05) is 4.90 Å². The van der Waals surface area contributed by atoms with Gasteiger partial charge in [-0.15, -0.1) is 150 Å². The van der Waals surface area contributed by atoms with Crippen LogP contribution in [0.3, 0.4) is 0 Å². The maximum atomic E-state index is 10.5. The number of pyridine rings is 5. The molecule has 11 heterocycles. The van der Waals surface area contributed by atoms with E-state index in [1.807, 2.05) is 267 Å². The Balaban J connectivity index is 0.000000122. The number of hydrogen-bond acceptors (Lipinski definition) is 10. The average Bonchev–Trinajstić information content (AvgIpc) is 1.58. The van der Waals surface area contributed by atoms with Crippen molar-refractivity contribution in [2.45, 2.75) is 0 Å². The summed E-state index contributed by atoms with van der Waals surface area (Å²) in [6.45, 7) is 0. The van der Waals surface area contributed by atoms with Crippen LogP contribution in [0.4, 0.5) is 17.2 Å². The van der Waals surface area contributed by atoms with Crippen LogP contribution >= 0.6 is 0 Å². The van der Waals surface area contributed by atoms with Crippen LogP contribution in [0.25, 0.3) is 157 Å². The Labute approximate surface area is 690 Å². The van der Waals surface area contributed by atoms with Gasteiger partial charge in [0, 0.05) is 44.7 Å². The first-order valence-electron chi connectivity index (χ1n) is 35.9. The van der Waals surface area contributed by atoms with E-state index in [0.29, 0.717) is 17.1 Å². The molecule has 0 unspecified atom stereocenters. The van der Waals surface area contributed by atoms with Gasteiger partial charge < -0.3 is 24.5 Å². The van der Waals surface area contributed by atoms with E-state index < -0.39 is 0 Å². The summed E-state index contributed by atoms with van der Waals surface area (Å²) in [5.41, 5.74) is 24.8. The van der Waals surface area contributed by atoms with E-state index in [0.717, 1.165) is 157 Å². The summed E-state index contributed by atoms with van der Waals surface area (Å²) in [5, 5.41) is 10.5. The van der Waals surface area contributed by atoms with Crippen LogP contribution in [0.15, 0.2) is 346 Å².